The number of aliphatic imine (C=N–C) groups is 1. The fourth-order valence-electron chi connectivity index (χ4n) is 3.31. The van der Waals surface area contributed by atoms with Crippen LogP contribution >= 0.6 is 11.3 Å². The number of halogens is 2. The summed E-state index contributed by atoms with van der Waals surface area (Å²) in [6.07, 6.45) is 2.16. The van der Waals surface area contributed by atoms with Crippen LogP contribution < -0.4 is 22.1 Å². The van der Waals surface area contributed by atoms with Crippen molar-refractivity contribution < 1.29 is 13.6 Å². The number of nitrogens with zero attached hydrogens (tertiary/aromatic N) is 3. The second kappa shape index (κ2) is 9.84. The van der Waals surface area contributed by atoms with Gasteiger partial charge in [0.2, 0.25) is 0 Å². The number of benzene rings is 1. The quantitative estimate of drug-likeness (QED) is 0.418. The van der Waals surface area contributed by atoms with E-state index in [2.05, 4.69) is 27.5 Å². The third-order valence-corrected chi connectivity index (χ3v) is 5.82. The maximum absolute atomic E-state index is 14.1. The maximum Gasteiger partial charge on any atom is 0.277 e. The summed E-state index contributed by atoms with van der Waals surface area (Å²) in [7, 11) is 1.61. The summed E-state index contributed by atoms with van der Waals surface area (Å²) in [5.74, 6) is -1.68. The van der Waals surface area contributed by atoms with Crippen molar-refractivity contribution >= 4 is 28.1 Å². The molecule has 6 N–H and O–H groups in total. The largest absolute Gasteiger partial charge is 0.403 e. The molecular formula is C20H25F2N7OS. The molecule has 0 aliphatic carbocycles. The first-order chi connectivity index (χ1) is 14.8. The number of carbonyl (C=O) groups is 1. The Morgan fingerprint density at radius 2 is 2.10 bits per heavy atom. The Kier molecular flexibility index (Phi) is 7.18. The molecule has 11 heteroatoms. The molecule has 1 saturated heterocycles. The van der Waals surface area contributed by atoms with Crippen molar-refractivity contribution in [3.8, 4) is 10.6 Å². The lowest BCUT2D eigenvalue weighted by atomic mass is 10.2. The van der Waals surface area contributed by atoms with Gasteiger partial charge < -0.3 is 27.0 Å². The average molecular weight is 450 g/mol. The monoisotopic (exact) mass is 449 g/mol. The molecular weight excluding hydrogens is 424 g/mol. The van der Waals surface area contributed by atoms with Gasteiger partial charge in [0.05, 0.1) is 11.3 Å². The predicted octanol–water partition coefficient (Wildman–Crippen LogP) is 1.91. The summed E-state index contributed by atoms with van der Waals surface area (Å²) >= 11 is 0.830. The number of anilines is 1. The van der Waals surface area contributed by atoms with E-state index in [1.807, 2.05) is 4.90 Å². The van der Waals surface area contributed by atoms with E-state index in [4.69, 9.17) is 11.5 Å². The van der Waals surface area contributed by atoms with E-state index < -0.39 is 17.5 Å². The van der Waals surface area contributed by atoms with Crippen LogP contribution in [0.15, 0.2) is 35.1 Å². The van der Waals surface area contributed by atoms with Crippen LogP contribution in [0.2, 0.25) is 0 Å². The van der Waals surface area contributed by atoms with Gasteiger partial charge in [-0.1, -0.05) is 17.4 Å². The van der Waals surface area contributed by atoms with Gasteiger partial charge in [-0.25, -0.2) is 13.8 Å². The first-order valence-corrected chi connectivity index (χ1v) is 10.6. The number of carbonyl (C=O) groups excluding carboxylic acids is 1. The predicted molar refractivity (Wildman–Crippen MR) is 119 cm³/mol. The van der Waals surface area contributed by atoms with Gasteiger partial charge in [0.1, 0.15) is 27.5 Å². The Morgan fingerprint density at radius 1 is 1.39 bits per heavy atom. The van der Waals surface area contributed by atoms with Gasteiger partial charge in [-0.3, -0.25) is 9.79 Å². The van der Waals surface area contributed by atoms with Crippen molar-refractivity contribution in [3.63, 3.8) is 0 Å². The normalized spacial score (nSPS) is 18.1. The molecule has 0 unspecified atom stereocenters. The molecule has 1 aliphatic rings. The molecule has 166 valence electrons. The molecule has 1 aliphatic heterocycles. The van der Waals surface area contributed by atoms with Crippen molar-refractivity contribution in [2.24, 2.45) is 10.7 Å². The molecule has 0 radical (unpaired) electrons. The van der Waals surface area contributed by atoms with E-state index in [1.54, 1.807) is 7.05 Å². The summed E-state index contributed by atoms with van der Waals surface area (Å²) in [5, 5.41) is 6.09. The minimum atomic E-state index is -0.785. The van der Waals surface area contributed by atoms with Crippen LogP contribution in [-0.4, -0.2) is 54.4 Å². The van der Waals surface area contributed by atoms with Gasteiger partial charge in [0, 0.05) is 38.9 Å². The van der Waals surface area contributed by atoms with Gasteiger partial charge >= 0.3 is 0 Å². The SMILES string of the molecule is CN=C(/C(=C\N)NC(=O)c1nc(-c2c(F)cccc2F)sc1N)N1CCN[C@@H](C)CC1. The lowest BCUT2D eigenvalue weighted by Gasteiger charge is -2.25. The van der Waals surface area contributed by atoms with E-state index in [9.17, 15) is 13.6 Å². The van der Waals surface area contributed by atoms with Crippen molar-refractivity contribution in [3.05, 3.63) is 47.4 Å². The summed E-state index contributed by atoms with van der Waals surface area (Å²) in [4.78, 5) is 23.3. The molecule has 2 aromatic rings. The van der Waals surface area contributed by atoms with Gasteiger partial charge in [-0.05, 0) is 25.5 Å². The third kappa shape index (κ3) is 5.00. The third-order valence-electron chi connectivity index (χ3n) is 4.92. The number of hydrogen-bond acceptors (Lipinski definition) is 7. The van der Waals surface area contributed by atoms with Crippen LogP contribution in [0.1, 0.15) is 23.8 Å². The Bertz CT molecular complexity index is 1000. The number of nitrogens with one attached hydrogen (secondary N) is 2. The van der Waals surface area contributed by atoms with Crippen LogP contribution in [0.4, 0.5) is 13.8 Å². The summed E-state index contributed by atoms with van der Waals surface area (Å²) in [6, 6.07) is 3.86. The summed E-state index contributed by atoms with van der Waals surface area (Å²) < 4.78 is 28.2. The topological polar surface area (TPSA) is 122 Å². The molecule has 0 spiro atoms. The minimum absolute atomic E-state index is 0.0199. The zero-order valence-corrected chi connectivity index (χ0v) is 18.1. The van der Waals surface area contributed by atoms with E-state index >= 15 is 0 Å². The highest BCUT2D eigenvalue weighted by atomic mass is 32.1. The van der Waals surface area contributed by atoms with Crippen LogP contribution in [0, 0.1) is 11.6 Å². The van der Waals surface area contributed by atoms with Crippen molar-refractivity contribution in [2.45, 2.75) is 19.4 Å². The molecule has 8 nitrogen and oxygen atoms in total. The highest BCUT2D eigenvalue weighted by Crippen LogP contribution is 2.33. The van der Waals surface area contributed by atoms with Gasteiger partial charge in [-0.2, -0.15) is 0 Å². The highest BCUT2D eigenvalue weighted by Gasteiger charge is 2.25. The number of nitrogen functional groups attached to an aromatic ring is 1. The molecule has 1 aromatic heterocycles. The van der Waals surface area contributed by atoms with E-state index in [0.717, 1.165) is 43.0 Å². The molecule has 31 heavy (non-hydrogen) atoms. The molecule has 1 aromatic carbocycles. The number of aromatic nitrogens is 1. The molecule has 1 fully saturated rings. The zero-order chi connectivity index (χ0) is 22.5. The number of thiazole rings is 1. The molecule has 0 bridgehead atoms. The van der Waals surface area contributed by atoms with E-state index in [-0.39, 0.29) is 21.3 Å². The Labute approximate surface area is 183 Å². The fraction of sp³-hybridized carbons (Fsp3) is 0.350. The van der Waals surface area contributed by atoms with Crippen molar-refractivity contribution in [1.29, 1.82) is 0 Å². The van der Waals surface area contributed by atoms with E-state index in [1.165, 1.54) is 12.3 Å². The first kappa shape index (κ1) is 22.6. The van der Waals surface area contributed by atoms with Crippen LogP contribution in [0.25, 0.3) is 10.6 Å². The smallest absolute Gasteiger partial charge is 0.277 e. The number of amidine groups is 1. The zero-order valence-electron chi connectivity index (χ0n) is 17.3. The van der Waals surface area contributed by atoms with Gasteiger partial charge in [0.15, 0.2) is 5.69 Å². The molecule has 0 saturated carbocycles. The summed E-state index contributed by atoms with van der Waals surface area (Å²) in [6.45, 7) is 4.31. The average Bonchev–Trinajstić information content (AvgIpc) is 2.98. The molecule has 2 heterocycles. The van der Waals surface area contributed by atoms with E-state index in [0.29, 0.717) is 24.1 Å². The van der Waals surface area contributed by atoms with Crippen molar-refractivity contribution in [1.82, 2.24) is 20.5 Å². The number of nitrogens with two attached hydrogens (primary N) is 2. The maximum atomic E-state index is 14.1. The van der Waals surface area contributed by atoms with Gasteiger partial charge in [0.25, 0.3) is 5.91 Å². The number of hydrogen-bond donors (Lipinski definition) is 4. The second-order valence-electron chi connectivity index (χ2n) is 7.04. The van der Waals surface area contributed by atoms with Crippen LogP contribution in [0.3, 0.4) is 0 Å². The standard InChI is InChI=1S/C20H25F2N7OS/c1-11-6-8-29(9-7-26-11)18(25-2)14(10-23)27-19(30)16-17(24)31-20(28-16)15-12(21)4-3-5-13(15)22/h3-5,10-11,26H,6-9,23-24H2,1-2H3,(H,27,30)/b14-10+,25-18?/t11-/m0/s1. The summed E-state index contributed by atoms with van der Waals surface area (Å²) in [5.41, 5.74) is 11.5. The number of rotatable bonds is 4. The Balaban J connectivity index is 1.82. The highest BCUT2D eigenvalue weighted by molar-refractivity contribution is 7.19. The fourth-order valence-corrected chi connectivity index (χ4v) is 4.19. The first-order valence-electron chi connectivity index (χ1n) is 9.75. The second-order valence-corrected chi connectivity index (χ2v) is 8.07. The Hall–Kier alpha value is -3.05. The van der Waals surface area contributed by atoms with Gasteiger partial charge in [-0.15, -0.1) is 0 Å². The molecule has 1 amide bonds. The lowest BCUT2D eigenvalue weighted by Crippen LogP contribution is -2.41. The number of amides is 1. The minimum Gasteiger partial charge on any atom is -0.403 e. The van der Waals surface area contributed by atoms with Crippen LogP contribution in [0.5, 0.6) is 0 Å². The molecule has 3 rings (SSSR count). The molecule has 1 atom stereocenters. The Morgan fingerprint density at radius 3 is 2.74 bits per heavy atom. The lowest BCUT2D eigenvalue weighted by molar-refractivity contribution is 0.0964. The van der Waals surface area contributed by atoms with Crippen LogP contribution in [-0.2, 0) is 0 Å². The van der Waals surface area contributed by atoms with Crippen molar-refractivity contribution in [2.75, 3.05) is 32.4 Å².